The average Bonchev–Trinajstić information content (AvgIpc) is 2.57. The van der Waals surface area contributed by atoms with Gasteiger partial charge in [-0.2, -0.15) is 0 Å². The highest BCUT2D eigenvalue weighted by molar-refractivity contribution is 5.69. The Kier molecular flexibility index (Phi) is 3.56. The Labute approximate surface area is 109 Å². The van der Waals surface area contributed by atoms with E-state index >= 15 is 0 Å². The zero-order valence-electron chi connectivity index (χ0n) is 11.6. The van der Waals surface area contributed by atoms with Crippen molar-refractivity contribution in [1.29, 1.82) is 0 Å². The third-order valence-electron chi connectivity index (χ3n) is 3.47. The van der Waals surface area contributed by atoms with Crippen LogP contribution in [0.1, 0.15) is 33.6 Å². The van der Waals surface area contributed by atoms with E-state index in [1.54, 1.807) is 4.90 Å². The van der Waals surface area contributed by atoms with Gasteiger partial charge in [-0.25, -0.2) is 4.79 Å². The molecule has 0 saturated carbocycles. The van der Waals surface area contributed by atoms with E-state index in [1.807, 2.05) is 20.8 Å². The molecule has 0 aromatic rings. The first-order chi connectivity index (χ1) is 8.34. The smallest absolute Gasteiger partial charge is 0.410 e. The molecular weight excluding hydrogens is 232 g/mol. The number of amides is 1. The number of nitrogens with two attached hydrogens (primary N) is 1. The lowest BCUT2D eigenvalue weighted by Crippen LogP contribution is -2.63. The Morgan fingerprint density at radius 2 is 2.17 bits per heavy atom. The molecule has 5 heteroatoms. The van der Waals surface area contributed by atoms with Gasteiger partial charge in [0, 0.05) is 0 Å². The first kappa shape index (κ1) is 13.6. The van der Waals surface area contributed by atoms with Gasteiger partial charge in [0.15, 0.2) is 0 Å². The van der Waals surface area contributed by atoms with Crippen LogP contribution < -0.4 is 5.73 Å². The lowest BCUT2D eigenvalue weighted by atomic mass is 9.86. The summed E-state index contributed by atoms with van der Waals surface area (Å²) < 4.78 is 11.2. The number of rotatable bonds is 2. The average molecular weight is 256 g/mol. The van der Waals surface area contributed by atoms with Gasteiger partial charge >= 0.3 is 6.09 Å². The molecule has 2 aliphatic heterocycles. The van der Waals surface area contributed by atoms with E-state index in [2.05, 4.69) is 0 Å². The van der Waals surface area contributed by atoms with E-state index in [-0.39, 0.29) is 11.7 Å². The molecule has 1 atom stereocenters. The van der Waals surface area contributed by atoms with Crippen LogP contribution in [0.2, 0.25) is 0 Å². The van der Waals surface area contributed by atoms with Crippen LogP contribution in [0.5, 0.6) is 0 Å². The van der Waals surface area contributed by atoms with Crippen LogP contribution in [0.3, 0.4) is 0 Å². The van der Waals surface area contributed by atoms with E-state index in [9.17, 15) is 4.79 Å². The second kappa shape index (κ2) is 4.70. The maximum atomic E-state index is 11.8. The Morgan fingerprint density at radius 3 is 2.72 bits per heavy atom. The number of likely N-dealkylation sites (tertiary alicyclic amines) is 1. The standard InChI is InChI=1S/C13H24N2O3/c1-12(2,3)18-11(16)15-8-13(9-15)6-10(4-5-14)7-17-13/h10H,4-9,14H2,1-3H3. The molecule has 104 valence electrons. The molecule has 0 aliphatic carbocycles. The number of hydrogen-bond acceptors (Lipinski definition) is 4. The van der Waals surface area contributed by atoms with Crippen molar-refractivity contribution in [3.05, 3.63) is 0 Å². The minimum Gasteiger partial charge on any atom is -0.444 e. The van der Waals surface area contributed by atoms with Gasteiger partial charge in [0.2, 0.25) is 0 Å². The van der Waals surface area contributed by atoms with Crippen molar-refractivity contribution >= 4 is 6.09 Å². The summed E-state index contributed by atoms with van der Waals surface area (Å²) in [7, 11) is 0. The monoisotopic (exact) mass is 256 g/mol. The second-order valence-electron chi connectivity index (χ2n) is 6.48. The summed E-state index contributed by atoms with van der Waals surface area (Å²) in [5.74, 6) is 0.552. The van der Waals surface area contributed by atoms with Gasteiger partial charge in [-0.3, -0.25) is 0 Å². The Balaban J connectivity index is 1.78. The third kappa shape index (κ3) is 2.95. The molecule has 0 radical (unpaired) electrons. The van der Waals surface area contributed by atoms with E-state index in [0.717, 1.165) is 19.4 Å². The summed E-state index contributed by atoms with van der Waals surface area (Å²) >= 11 is 0. The van der Waals surface area contributed by atoms with Crippen molar-refractivity contribution in [3.8, 4) is 0 Å². The summed E-state index contributed by atoms with van der Waals surface area (Å²) in [6.07, 6.45) is 1.79. The first-order valence-corrected chi connectivity index (χ1v) is 6.65. The topological polar surface area (TPSA) is 64.8 Å². The lowest BCUT2D eigenvalue weighted by Gasteiger charge is -2.47. The van der Waals surface area contributed by atoms with Gasteiger partial charge < -0.3 is 20.1 Å². The molecule has 2 fully saturated rings. The molecule has 0 aromatic carbocycles. The van der Waals surface area contributed by atoms with Crippen LogP contribution in [-0.4, -0.2) is 48.4 Å². The predicted molar refractivity (Wildman–Crippen MR) is 68.3 cm³/mol. The van der Waals surface area contributed by atoms with Gasteiger partial charge in [0.05, 0.1) is 19.7 Å². The molecule has 2 heterocycles. The van der Waals surface area contributed by atoms with E-state index in [4.69, 9.17) is 15.2 Å². The number of carbonyl (C=O) groups excluding carboxylic acids is 1. The van der Waals surface area contributed by atoms with Gasteiger partial charge in [-0.05, 0) is 46.1 Å². The van der Waals surface area contributed by atoms with Gasteiger partial charge in [-0.1, -0.05) is 0 Å². The van der Waals surface area contributed by atoms with Crippen molar-refractivity contribution in [3.63, 3.8) is 0 Å². The molecule has 2 rings (SSSR count). The molecule has 1 spiro atoms. The maximum absolute atomic E-state index is 11.8. The van der Waals surface area contributed by atoms with E-state index in [0.29, 0.717) is 25.6 Å². The van der Waals surface area contributed by atoms with Crippen molar-refractivity contribution < 1.29 is 14.3 Å². The fourth-order valence-corrected chi connectivity index (χ4v) is 2.69. The summed E-state index contributed by atoms with van der Waals surface area (Å²) in [6.45, 7) is 8.43. The molecule has 18 heavy (non-hydrogen) atoms. The number of hydrogen-bond donors (Lipinski definition) is 1. The fraction of sp³-hybridized carbons (Fsp3) is 0.923. The first-order valence-electron chi connectivity index (χ1n) is 6.65. The van der Waals surface area contributed by atoms with Gasteiger partial charge in [0.25, 0.3) is 0 Å². The quantitative estimate of drug-likeness (QED) is 0.810. The maximum Gasteiger partial charge on any atom is 0.410 e. The third-order valence-corrected chi connectivity index (χ3v) is 3.47. The summed E-state index contributed by atoms with van der Waals surface area (Å²) in [6, 6.07) is 0. The molecule has 2 saturated heterocycles. The van der Waals surface area contributed by atoms with Crippen LogP contribution in [-0.2, 0) is 9.47 Å². The SMILES string of the molecule is CC(C)(C)OC(=O)N1CC2(CC(CCN)CO2)C1. The Bertz CT molecular complexity index is 319. The molecule has 1 unspecified atom stereocenters. The summed E-state index contributed by atoms with van der Waals surface area (Å²) in [5, 5.41) is 0. The molecular formula is C13H24N2O3. The minimum atomic E-state index is -0.432. The summed E-state index contributed by atoms with van der Waals surface area (Å²) in [4.78, 5) is 13.5. The molecule has 5 nitrogen and oxygen atoms in total. The van der Waals surface area contributed by atoms with Crippen molar-refractivity contribution in [2.24, 2.45) is 11.7 Å². The van der Waals surface area contributed by atoms with Gasteiger partial charge in [0.1, 0.15) is 11.2 Å². The summed E-state index contributed by atoms with van der Waals surface area (Å²) in [5.41, 5.74) is 5.01. The minimum absolute atomic E-state index is 0.114. The van der Waals surface area contributed by atoms with Crippen molar-refractivity contribution in [1.82, 2.24) is 4.90 Å². The Morgan fingerprint density at radius 1 is 1.50 bits per heavy atom. The largest absolute Gasteiger partial charge is 0.444 e. The second-order valence-corrected chi connectivity index (χ2v) is 6.48. The van der Waals surface area contributed by atoms with Crippen LogP contribution in [0, 0.1) is 5.92 Å². The van der Waals surface area contributed by atoms with Crippen LogP contribution in [0.25, 0.3) is 0 Å². The number of carbonyl (C=O) groups is 1. The zero-order valence-corrected chi connectivity index (χ0v) is 11.6. The molecule has 0 aromatic heterocycles. The van der Waals surface area contributed by atoms with Crippen LogP contribution in [0.15, 0.2) is 0 Å². The molecule has 2 N–H and O–H groups in total. The highest BCUT2D eigenvalue weighted by Gasteiger charge is 2.51. The van der Waals surface area contributed by atoms with Gasteiger partial charge in [-0.15, -0.1) is 0 Å². The predicted octanol–water partition coefficient (Wildman–Crippen LogP) is 1.36. The van der Waals surface area contributed by atoms with Crippen molar-refractivity contribution in [2.75, 3.05) is 26.2 Å². The number of nitrogens with zero attached hydrogens (tertiary/aromatic N) is 1. The molecule has 2 aliphatic rings. The highest BCUT2D eigenvalue weighted by atomic mass is 16.6. The molecule has 1 amide bonds. The highest BCUT2D eigenvalue weighted by Crippen LogP contribution is 2.39. The van der Waals surface area contributed by atoms with Crippen molar-refractivity contribution in [2.45, 2.75) is 44.8 Å². The van der Waals surface area contributed by atoms with Crippen LogP contribution >= 0.6 is 0 Å². The van der Waals surface area contributed by atoms with E-state index < -0.39 is 5.60 Å². The van der Waals surface area contributed by atoms with E-state index in [1.165, 1.54) is 0 Å². The zero-order chi connectivity index (χ0) is 13.4. The number of ether oxygens (including phenoxy) is 2. The molecule has 0 bridgehead atoms. The normalized spacial score (nSPS) is 26.2. The van der Waals surface area contributed by atoms with Crippen LogP contribution in [0.4, 0.5) is 4.79 Å². The Hall–Kier alpha value is -0.810. The lowest BCUT2D eigenvalue weighted by molar-refractivity contribution is -0.109. The fourth-order valence-electron chi connectivity index (χ4n) is 2.69.